The highest BCUT2D eigenvalue weighted by atomic mass is 32.1. The van der Waals surface area contributed by atoms with E-state index in [2.05, 4.69) is 25.6 Å². The topological polar surface area (TPSA) is 144 Å². The first kappa shape index (κ1) is 25.9. The van der Waals surface area contributed by atoms with Crippen LogP contribution in [0.3, 0.4) is 0 Å². The highest BCUT2D eigenvalue weighted by Crippen LogP contribution is 2.30. The number of nitrogens with zero attached hydrogens (tertiary/aromatic N) is 6. The van der Waals surface area contributed by atoms with Crippen LogP contribution in [0.15, 0.2) is 34.6 Å². The van der Waals surface area contributed by atoms with Crippen LogP contribution in [-0.2, 0) is 24.2 Å². The summed E-state index contributed by atoms with van der Waals surface area (Å²) in [6, 6.07) is 8.36. The summed E-state index contributed by atoms with van der Waals surface area (Å²) < 4.78 is 12.9. The van der Waals surface area contributed by atoms with E-state index in [4.69, 9.17) is 9.47 Å². The molecule has 3 aromatic heterocycles. The molecular formula is C24H23N7O4S2. The average Bonchev–Trinajstić information content (AvgIpc) is 3.53. The molecule has 3 heterocycles. The second-order valence-corrected chi connectivity index (χ2v) is 9.64. The molecule has 37 heavy (non-hydrogen) atoms. The van der Waals surface area contributed by atoms with Gasteiger partial charge in [-0.25, -0.2) is 4.98 Å². The number of anilines is 1. The van der Waals surface area contributed by atoms with E-state index in [9.17, 15) is 14.9 Å². The van der Waals surface area contributed by atoms with E-state index in [1.807, 2.05) is 26.8 Å². The zero-order valence-electron chi connectivity index (χ0n) is 20.3. The summed E-state index contributed by atoms with van der Waals surface area (Å²) in [7, 11) is 0. The molecule has 0 unspecified atom stereocenters. The van der Waals surface area contributed by atoms with Gasteiger partial charge >= 0.3 is 0 Å². The van der Waals surface area contributed by atoms with Gasteiger partial charge in [0.25, 0.3) is 11.5 Å². The van der Waals surface area contributed by atoms with Crippen molar-refractivity contribution in [1.82, 2.24) is 24.8 Å². The zero-order valence-corrected chi connectivity index (χ0v) is 22.0. The van der Waals surface area contributed by atoms with Gasteiger partial charge in [-0.15, -0.1) is 10.2 Å². The van der Waals surface area contributed by atoms with Gasteiger partial charge in [0.1, 0.15) is 28.3 Å². The first-order chi connectivity index (χ1) is 17.9. The zero-order chi connectivity index (χ0) is 26.4. The third-order valence-electron chi connectivity index (χ3n) is 4.95. The molecule has 0 saturated heterocycles. The summed E-state index contributed by atoms with van der Waals surface area (Å²) >= 11 is 2.62. The van der Waals surface area contributed by atoms with Crippen molar-refractivity contribution in [2.24, 2.45) is 0 Å². The molecule has 190 valence electrons. The Morgan fingerprint density at radius 3 is 2.62 bits per heavy atom. The molecule has 0 fully saturated rings. The van der Waals surface area contributed by atoms with Crippen molar-refractivity contribution in [3.63, 3.8) is 0 Å². The van der Waals surface area contributed by atoms with Gasteiger partial charge in [-0.05, 0) is 43.5 Å². The van der Waals surface area contributed by atoms with E-state index in [-0.39, 0.29) is 17.7 Å². The van der Waals surface area contributed by atoms with Crippen molar-refractivity contribution in [2.45, 2.75) is 40.2 Å². The Morgan fingerprint density at radius 1 is 1.11 bits per heavy atom. The van der Waals surface area contributed by atoms with Gasteiger partial charge in [-0.2, -0.15) is 14.9 Å². The number of fused-ring (bicyclic) bond motifs is 1. The van der Waals surface area contributed by atoms with Gasteiger partial charge in [0.2, 0.25) is 10.1 Å². The maximum Gasteiger partial charge on any atom is 0.275 e. The summed E-state index contributed by atoms with van der Waals surface area (Å²) in [5.74, 6) is 0.277. The van der Waals surface area contributed by atoms with Crippen molar-refractivity contribution in [3.05, 3.63) is 61.5 Å². The van der Waals surface area contributed by atoms with Crippen LogP contribution in [-0.4, -0.2) is 37.3 Å². The minimum absolute atomic E-state index is 0.0494. The number of hydrogen-bond donors (Lipinski definition) is 1. The van der Waals surface area contributed by atoms with Crippen LogP contribution in [0.4, 0.5) is 5.13 Å². The Hall–Kier alpha value is -4.15. The lowest BCUT2D eigenvalue weighted by molar-refractivity contribution is -0.112. The van der Waals surface area contributed by atoms with Crippen LogP contribution in [0.5, 0.6) is 11.5 Å². The monoisotopic (exact) mass is 537 g/mol. The summed E-state index contributed by atoms with van der Waals surface area (Å²) in [5, 5.41) is 26.2. The number of carbonyl (C=O) groups is 1. The smallest absolute Gasteiger partial charge is 0.275 e. The number of aromatic nitrogens is 5. The van der Waals surface area contributed by atoms with E-state index in [1.54, 1.807) is 18.2 Å². The van der Waals surface area contributed by atoms with Crippen molar-refractivity contribution >= 4 is 44.7 Å². The van der Waals surface area contributed by atoms with Crippen LogP contribution in [0.1, 0.15) is 42.0 Å². The SMILES string of the molecule is CCOc1cc(/C=C(/C#N)C(=O)Nc2nnc(CC)s2)ccc1OCc1cc(=O)n2nc(CC)sc2n1. The number of aryl methyl sites for hydroxylation is 2. The van der Waals surface area contributed by atoms with Gasteiger partial charge < -0.3 is 9.47 Å². The third-order valence-corrected chi connectivity index (χ3v) is 6.99. The lowest BCUT2D eigenvalue weighted by Gasteiger charge is -2.12. The molecule has 0 aliphatic carbocycles. The van der Waals surface area contributed by atoms with Crippen LogP contribution in [0, 0.1) is 11.3 Å². The predicted molar refractivity (Wildman–Crippen MR) is 140 cm³/mol. The lowest BCUT2D eigenvalue weighted by atomic mass is 10.1. The molecular weight excluding hydrogens is 514 g/mol. The van der Waals surface area contributed by atoms with Gasteiger partial charge in [-0.3, -0.25) is 14.9 Å². The van der Waals surface area contributed by atoms with Gasteiger partial charge in [0.05, 0.1) is 12.3 Å². The van der Waals surface area contributed by atoms with Crippen molar-refractivity contribution in [2.75, 3.05) is 11.9 Å². The first-order valence-electron chi connectivity index (χ1n) is 11.5. The van der Waals surface area contributed by atoms with E-state index < -0.39 is 5.91 Å². The quantitative estimate of drug-likeness (QED) is 0.237. The summed E-state index contributed by atoms with van der Waals surface area (Å²) in [6.45, 7) is 6.16. The molecule has 0 radical (unpaired) electrons. The first-order valence-corrected chi connectivity index (χ1v) is 13.1. The van der Waals surface area contributed by atoms with Crippen LogP contribution in [0.25, 0.3) is 11.0 Å². The summed E-state index contributed by atoms with van der Waals surface area (Å²) in [5.41, 5.74) is 0.669. The van der Waals surface area contributed by atoms with Gasteiger partial charge in [0, 0.05) is 6.07 Å². The molecule has 4 rings (SSSR count). The molecule has 13 heteroatoms. The molecule has 1 N–H and O–H groups in total. The van der Waals surface area contributed by atoms with Crippen LogP contribution < -0.4 is 20.3 Å². The Bertz CT molecular complexity index is 1570. The molecule has 1 amide bonds. The third kappa shape index (κ3) is 6.16. The number of nitriles is 1. The Labute approximate surface area is 220 Å². The lowest BCUT2D eigenvalue weighted by Crippen LogP contribution is -2.16. The fourth-order valence-electron chi connectivity index (χ4n) is 3.19. The maximum atomic E-state index is 12.6. The molecule has 0 aliphatic rings. The van der Waals surface area contributed by atoms with Gasteiger partial charge in [-0.1, -0.05) is 42.6 Å². The standard InChI is InChI=1S/C24H23N7O4S2/c1-4-19-28-29-23(36-19)27-22(33)15(12-25)9-14-7-8-17(18(10-14)34-6-3)35-13-16-11-21(32)31-24(26-16)37-20(5-2)30-31/h7-11H,4-6,13H2,1-3H3,(H,27,29,33)/b15-9-. The number of amides is 1. The molecule has 1 aromatic carbocycles. The minimum atomic E-state index is -0.582. The van der Waals surface area contributed by atoms with E-state index in [0.717, 1.165) is 16.4 Å². The Balaban J connectivity index is 1.52. The molecule has 0 spiro atoms. The average molecular weight is 538 g/mol. The number of rotatable bonds is 10. The Kier molecular flexibility index (Phi) is 8.22. The van der Waals surface area contributed by atoms with E-state index in [1.165, 1.54) is 39.3 Å². The maximum absolute atomic E-state index is 12.6. The minimum Gasteiger partial charge on any atom is -0.490 e. The molecule has 11 nitrogen and oxygen atoms in total. The molecule has 0 bridgehead atoms. The van der Waals surface area contributed by atoms with Crippen molar-refractivity contribution in [1.29, 1.82) is 5.26 Å². The number of hydrogen-bond acceptors (Lipinski definition) is 11. The fraction of sp³-hybridized carbons (Fsp3) is 0.292. The van der Waals surface area contributed by atoms with Crippen LogP contribution >= 0.6 is 22.7 Å². The number of ether oxygens (including phenoxy) is 2. The summed E-state index contributed by atoms with van der Waals surface area (Å²) in [4.78, 5) is 29.9. The van der Waals surface area contributed by atoms with Crippen molar-refractivity contribution < 1.29 is 14.3 Å². The highest BCUT2D eigenvalue weighted by Gasteiger charge is 2.14. The largest absolute Gasteiger partial charge is 0.490 e. The van der Waals surface area contributed by atoms with Crippen LogP contribution in [0.2, 0.25) is 0 Å². The Morgan fingerprint density at radius 2 is 1.92 bits per heavy atom. The molecule has 0 aliphatic heterocycles. The molecule has 0 atom stereocenters. The molecule has 4 aromatic rings. The summed E-state index contributed by atoms with van der Waals surface area (Å²) in [6.07, 6.45) is 2.87. The highest BCUT2D eigenvalue weighted by molar-refractivity contribution is 7.16. The molecule has 0 saturated carbocycles. The predicted octanol–water partition coefficient (Wildman–Crippen LogP) is 3.65. The number of benzene rings is 1. The second kappa shape index (κ2) is 11.7. The number of carbonyl (C=O) groups excluding carboxylic acids is 1. The normalized spacial score (nSPS) is 11.4. The number of nitrogens with one attached hydrogen (secondary N) is 1. The fourth-order valence-corrected chi connectivity index (χ4v) is 4.73. The van der Waals surface area contributed by atoms with Crippen molar-refractivity contribution in [3.8, 4) is 17.6 Å². The van der Waals surface area contributed by atoms with Gasteiger partial charge in [0.15, 0.2) is 11.5 Å². The second-order valence-electron chi connectivity index (χ2n) is 7.54. The van der Waals surface area contributed by atoms with E-state index in [0.29, 0.717) is 45.9 Å². The van der Waals surface area contributed by atoms with E-state index >= 15 is 0 Å².